The standard InChI is InChI=1S/C14H24FN3/c1-5-11(3)18(4)9-10(2)14(16)13-7-6-12(15)8-17-13/h6-8,10-11,14H,5,9,16H2,1-4H3. The second-order valence-electron chi connectivity index (χ2n) is 5.10. The Morgan fingerprint density at radius 1 is 1.39 bits per heavy atom. The normalized spacial score (nSPS) is 16.6. The van der Waals surface area contributed by atoms with Crippen molar-refractivity contribution in [2.45, 2.75) is 39.3 Å². The summed E-state index contributed by atoms with van der Waals surface area (Å²) in [6.45, 7) is 7.39. The Morgan fingerprint density at radius 2 is 2.06 bits per heavy atom. The first-order valence-electron chi connectivity index (χ1n) is 6.53. The van der Waals surface area contributed by atoms with Gasteiger partial charge in [-0.25, -0.2) is 4.39 Å². The average Bonchev–Trinajstić information content (AvgIpc) is 2.37. The van der Waals surface area contributed by atoms with Gasteiger partial charge in [0.2, 0.25) is 0 Å². The largest absolute Gasteiger partial charge is 0.322 e. The lowest BCUT2D eigenvalue weighted by Crippen LogP contribution is -2.36. The highest BCUT2D eigenvalue weighted by molar-refractivity contribution is 5.10. The van der Waals surface area contributed by atoms with Gasteiger partial charge in [-0.15, -0.1) is 0 Å². The van der Waals surface area contributed by atoms with Crippen LogP contribution in [0.25, 0.3) is 0 Å². The van der Waals surface area contributed by atoms with E-state index in [0.717, 1.165) is 18.7 Å². The molecule has 0 aromatic carbocycles. The molecule has 1 rings (SSSR count). The Bertz CT molecular complexity index is 353. The van der Waals surface area contributed by atoms with Crippen LogP contribution in [-0.2, 0) is 0 Å². The molecule has 0 spiro atoms. The van der Waals surface area contributed by atoms with E-state index in [4.69, 9.17) is 5.73 Å². The molecule has 0 aliphatic rings. The molecule has 18 heavy (non-hydrogen) atoms. The van der Waals surface area contributed by atoms with Gasteiger partial charge in [0, 0.05) is 12.6 Å². The molecule has 1 aromatic rings. The summed E-state index contributed by atoms with van der Waals surface area (Å²) >= 11 is 0. The predicted molar refractivity (Wildman–Crippen MR) is 72.7 cm³/mol. The third-order valence-electron chi connectivity index (χ3n) is 3.62. The van der Waals surface area contributed by atoms with Crippen LogP contribution in [-0.4, -0.2) is 29.5 Å². The van der Waals surface area contributed by atoms with Gasteiger partial charge >= 0.3 is 0 Å². The molecule has 102 valence electrons. The molecule has 0 fully saturated rings. The van der Waals surface area contributed by atoms with E-state index in [2.05, 4.69) is 37.7 Å². The molecule has 3 nitrogen and oxygen atoms in total. The fourth-order valence-corrected chi connectivity index (χ4v) is 1.94. The van der Waals surface area contributed by atoms with Crippen molar-refractivity contribution in [1.29, 1.82) is 0 Å². The summed E-state index contributed by atoms with van der Waals surface area (Å²) in [4.78, 5) is 6.35. The SMILES string of the molecule is CCC(C)N(C)CC(C)C(N)c1ccc(F)cn1. The average molecular weight is 253 g/mol. The minimum Gasteiger partial charge on any atom is -0.322 e. The summed E-state index contributed by atoms with van der Waals surface area (Å²) in [5.74, 6) is -0.0442. The topological polar surface area (TPSA) is 42.1 Å². The van der Waals surface area contributed by atoms with Crippen LogP contribution in [0.15, 0.2) is 18.3 Å². The highest BCUT2D eigenvalue weighted by Crippen LogP contribution is 2.19. The summed E-state index contributed by atoms with van der Waals surface area (Å²) in [5.41, 5.74) is 6.92. The summed E-state index contributed by atoms with van der Waals surface area (Å²) < 4.78 is 12.8. The number of nitrogens with two attached hydrogens (primary N) is 1. The first-order valence-corrected chi connectivity index (χ1v) is 6.53. The molecule has 4 heteroatoms. The lowest BCUT2D eigenvalue weighted by atomic mass is 9.98. The van der Waals surface area contributed by atoms with Crippen LogP contribution < -0.4 is 5.73 Å². The van der Waals surface area contributed by atoms with E-state index >= 15 is 0 Å². The molecule has 0 bridgehead atoms. The number of pyridine rings is 1. The Labute approximate surface area is 109 Å². The second-order valence-corrected chi connectivity index (χ2v) is 5.10. The van der Waals surface area contributed by atoms with Crippen molar-refractivity contribution in [2.24, 2.45) is 11.7 Å². The van der Waals surface area contributed by atoms with Gasteiger partial charge in [-0.1, -0.05) is 13.8 Å². The van der Waals surface area contributed by atoms with Crippen LogP contribution in [0.4, 0.5) is 4.39 Å². The van der Waals surface area contributed by atoms with Crippen LogP contribution in [0.1, 0.15) is 38.9 Å². The highest BCUT2D eigenvalue weighted by atomic mass is 19.1. The fraction of sp³-hybridized carbons (Fsp3) is 0.643. The van der Waals surface area contributed by atoms with Crippen LogP contribution in [0.3, 0.4) is 0 Å². The molecular formula is C14H24FN3. The van der Waals surface area contributed by atoms with Crippen LogP contribution in [0.2, 0.25) is 0 Å². The van der Waals surface area contributed by atoms with Crippen molar-refractivity contribution >= 4 is 0 Å². The third-order valence-corrected chi connectivity index (χ3v) is 3.62. The van der Waals surface area contributed by atoms with Crippen LogP contribution >= 0.6 is 0 Å². The summed E-state index contributed by atoms with van der Waals surface area (Å²) in [6.07, 6.45) is 2.34. The Balaban J connectivity index is 2.61. The van der Waals surface area contributed by atoms with Gasteiger partial charge in [-0.2, -0.15) is 0 Å². The minimum absolute atomic E-state index is 0.155. The number of nitrogens with zero attached hydrogens (tertiary/aromatic N) is 2. The van der Waals surface area contributed by atoms with Gasteiger partial charge in [0.05, 0.1) is 17.9 Å². The highest BCUT2D eigenvalue weighted by Gasteiger charge is 2.19. The van der Waals surface area contributed by atoms with Crippen molar-refractivity contribution < 1.29 is 4.39 Å². The van der Waals surface area contributed by atoms with Crippen molar-refractivity contribution in [3.63, 3.8) is 0 Å². The zero-order chi connectivity index (χ0) is 13.7. The Morgan fingerprint density at radius 3 is 2.56 bits per heavy atom. The van der Waals surface area contributed by atoms with Gasteiger partial charge < -0.3 is 10.6 Å². The van der Waals surface area contributed by atoms with E-state index in [1.54, 1.807) is 6.07 Å². The van der Waals surface area contributed by atoms with Gasteiger partial charge in [-0.3, -0.25) is 4.98 Å². The van der Waals surface area contributed by atoms with Crippen molar-refractivity contribution in [2.75, 3.05) is 13.6 Å². The summed E-state index contributed by atoms with van der Waals surface area (Å²) in [6, 6.07) is 3.46. The lowest BCUT2D eigenvalue weighted by Gasteiger charge is -2.29. The fourth-order valence-electron chi connectivity index (χ4n) is 1.94. The molecule has 0 saturated carbocycles. The van der Waals surface area contributed by atoms with Crippen molar-refractivity contribution in [3.05, 3.63) is 29.8 Å². The van der Waals surface area contributed by atoms with Crippen molar-refractivity contribution in [3.8, 4) is 0 Å². The molecule has 0 radical (unpaired) electrons. The maximum Gasteiger partial charge on any atom is 0.141 e. The Kier molecular flexibility index (Phi) is 5.69. The van der Waals surface area contributed by atoms with Crippen LogP contribution in [0, 0.1) is 11.7 Å². The maximum atomic E-state index is 12.8. The minimum atomic E-state index is -0.324. The van der Waals surface area contributed by atoms with E-state index in [1.165, 1.54) is 12.3 Å². The van der Waals surface area contributed by atoms with Gasteiger partial charge in [0.15, 0.2) is 0 Å². The van der Waals surface area contributed by atoms with Crippen LogP contribution in [0.5, 0.6) is 0 Å². The molecule has 0 aliphatic carbocycles. The molecule has 2 N–H and O–H groups in total. The monoisotopic (exact) mass is 253 g/mol. The molecule has 0 aliphatic heterocycles. The molecule has 3 atom stereocenters. The van der Waals surface area contributed by atoms with E-state index in [0.29, 0.717) is 6.04 Å². The number of halogens is 1. The van der Waals surface area contributed by atoms with Gasteiger partial charge in [-0.05, 0) is 38.4 Å². The smallest absolute Gasteiger partial charge is 0.141 e. The number of hydrogen-bond donors (Lipinski definition) is 1. The van der Waals surface area contributed by atoms with E-state index in [9.17, 15) is 4.39 Å². The maximum absolute atomic E-state index is 12.8. The van der Waals surface area contributed by atoms with E-state index < -0.39 is 0 Å². The molecule has 1 heterocycles. The lowest BCUT2D eigenvalue weighted by molar-refractivity contribution is 0.205. The summed E-state index contributed by atoms with van der Waals surface area (Å²) in [5, 5.41) is 0. The van der Waals surface area contributed by atoms with E-state index in [-0.39, 0.29) is 17.8 Å². The first kappa shape index (κ1) is 15.1. The Hall–Kier alpha value is -1.00. The number of aromatic nitrogens is 1. The molecule has 0 amide bonds. The van der Waals surface area contributed by atoms with Gasteiger partial charge in [0.1, 0.15) is 5.82 Å². The third kappa shape index (κ3) is 4.03. The first-order chi connectivity index (χ1) is 8.45. The molecular weight excluding hydrogens is 229 g/mol. The van der Waals surface area contributed by atoms with Gasteiger partial charge in [0.25, 0.3) is 0 Å². The van der Waals surface area contributed by atoms with E-state index in [1.807, 2.05) is 0 Å². The predicted octanol–water partition coefficient (Wildman–Crippen LogP) is 2.59. The molecule has 3 unspecified atom stereocenters. The summed E-state index contributed by atoms with van der Waals surface area (Å²) in [7, 11) is 2.11. The number of rotatable bonds is 6. The number of hydrogen-bond acceptors (Lipinski definition) is 3. The quantitative estimate of drug-likeness (QED) is 0.847. The zero-order valence-electron chi connectivity index (χ0n) is 11.7. The second kappa shape index (κ2) is 6.81. The molecule has 1 aromatic heterocycles. The zero-order valence-corrected chi connectivity index (χ0v) is 11.7. The molecule has 0 saturated heterocycles. The van der Waals surface area contributed by atoms with Crippen molar-refractivity contribution in [1.82, 2.24) is 9.88 Å².